The van der Waals surface area contributed by atoms with Gasteiger partial charge in [-0.15, -0.1) is 0 Å². The molecular formula is C18H23NO4. The molecule has 3 rings (SSSR count). The summed E-state index contributed by atoms with van der Waals surface area (Å²) in [5.74, 6) is -0.739. The molecule has 0 bridgehead atoms. The van der Waals surface area contributed by atoms with Gasteiger partial charge in [-0.2, -0.15) is 0 Å². The molecule has 2 atom stereocenters. The number of rotatable bonds is 4. The number of morpholine rings is 1. The third-order valence-electron chi connectivity index (χ3n) is 4.88. The van der Waals surface area contributed by atoms with Crippen LogP contribution >= 0.6 is 0 Å². The summed E-state index contributed by atoms with van der Waals surface area (Å²) in [7, 11) is 0. The number of aryl methyl sites for hydroxylation is 1. The maximum absolute atomic E-state index is 12.6. The Morgan fingerprint density at radius 3 is 2.65 bits per heavy atom. The molecule has 1 saturated carbocycles. The van der Waals surface area contributed by atoms with Crippen molar-refractivity contribution >= 4 is 11.9 Å². The highest BCUT2D eigenvalue weighted by Gasteiger charge is 2.36. The van der Waals surface area contributed by atoms with E-state index >= 15 is 0 Å². The number of fused-ring (bicyclic) bond motifs is 1. The highest BCUT2D eigenvalue weighted by molar-refractivity contribution is 5.87. The second-order valence-electron chi connectivity index (χ2n) is 6.35. The Morgan fingerprint density at radius 1 is 1.17 bits per heavy atom. The molecule has 1 amide bonds. The van der Waals surface area contributed by atoms with E-state index in [0.717, 1.165) is 18.4 Å². The molecule has 0 spiro atoms. The fourth-order valence-corrected chi connectivity index (χ4v) is 3.61. The van der Waals surface area contributed by atoms with Gasteiger partial charge in [-0.05, 0) is 37.0 Å². The largest absolute Gasteiger partial charge is 0.478 e. The number of amides is 1. The van der Waals surface area contributed by atoms with Crippen LogP contribution in [0.4, 0.5) is 0 Å². The van der Waals surface area contributed by atoms with Crippen LogP contribution in [0.15, 0.2) is 24.3 Å². The van der Waals surface area contributed by atoms with Crippen molar-refractivity contribution in [3.8, 4) is 0 Å². The molecule has 0 aromatic heterocycles. The van der Waals surface area contributed by atoms with Gasteiger partial charge in [-0.25, -0.2) is 4.79 Å². The van der Waals surface area contributed by atoms with Crippen molar-refractivity contribution < 1.29 is 19.4 Å². The van der Waals surface area contributed by atoms with Crippen LogP contribution in [-0.4, -0.2) is 47.2 Å². The highest BCUT2D eigenvalue weighted by Crippen LogP contribution is 2.29. The second kappa shape index (κ2) is 7.13. The number of carboxylic acid groups (broad SMARTS) is 1. The van der Waals surface area contributed by atoms with Gasteiger partial charge in [-0.3, -0.25) is 4.79 Å². The molecule has 1 aromatic rings. The van der Waals surface area contributed by atoms with Gasteiger partial charge >= 0.3 is 5.97 Å². The Kier molecular flexibility index (Phi) is 4.96. The van der Waals surface area contributed by atoms with Crippen molar-refractivity contribution in [3.05, 3.63) is 35.4 Å². The van der Waals surface area contributed by atoms with E-state index in [4.69, 9.17) is 9.84 Å². The molecule has 2 aliphatic rings. The van der Waals surface area contributed by atoms with Crippen LogP contribution in [0.3, 0.4) is 0 Å². The summed E-state index contributed by atoms with van der Waals surface area (Å²) >= 11 is 0. The lowest BCUT2D eigenvalue weighted by Crippen LogP contribution is -2.54. The number of benzene rings is 1. The Labute approximate surface area is 136 Å². The van der Waals surface area contributed by atoms with Crippen molar-refractivity contribution in [2.45, 2.75) is 50.7 Å². The summed E-state index contributed by atoms with van der Waals surface area (Å²) in [6.45, 7) is 1.33. The van der Waals surface area contributed by atoms with E-state index in [1.54, 1.807) is 24.3 Å². The lowest BCUT2D eigenvalue weighted by Gasteiger charge is -2.43. The van der Waals surface area contributed by atoms with Gasteiger partial charge in [0.15, 0.2) is 0 Å². The van der Waals surface area contributed by atoms with Gasteiger partial charge in [0.1, 0.15) is 0 Å². The predicted molar refractivity (Wildman–Crippen MR) is 85.4 cm³/mol. The zero-order chi connectivity index (χ0) is 16.2. The van der Waals surface area contributed by atoms with Gasteiger partial charge in [0.2, 0.25) is 5.91 Å². The summed E-state index contributed by atoms with van der Waals surface area (Å²) in [5.41, 5.74) is 1.27. The highest BCUT2D eigenvalue weighted by atomic mass is 16.5. The number of hydrogen-bond acceptors (Lipinski definition) is 3. The average Bonchev–Trinajstić information content (AvgIpc) is 2.59. The molecular weight excluding hydrogens is 294 g/mol. The third kappa shape index (κ3) is 3.72. The van der Waals surface area contributed by atoms with E-state index in [9.17, 15) is 9.59 Å². The molecule has 1 N–H and O–H groups in total. The van der Waals surface area contributed by atoms with Crippen LogP contribution in [-0.2, 0) is 16.0 Å². The maximum atomic E-state index is 12.6. The Balaban J connectivity index is 1.57. The molecule has 0 radical (unpaired) electrons. The number of nitrogens with zero attached hydrogens (tertiary/aromatic N) is 1. The first kappa shape index (κ1) is 16.0. The molecule has 1 aliphatic carbocycles. The van der Waals surface area contributed by atoms with Crippen LogP contribution in [0, 0.1) is 0 Å². The van der Waals surface area contributed by atoms with E-state index in [1.165, 1.54) is 12.8 Å². The lowest BCUT2D eigenvalue weighted by atomic mass is 9.90. The first-order valence-corrected chi connectivity index (χ1v) is 8.38. The lowest BCUT2D eigenvalue weighted by molar-refractivity contribution is -0.149. The summed E-state index contributed by atoms with van der Waals surface area (Å²) in [6.07, 6.45) is 5.80. The fourth-order valence-electron chi connectivity index (χ4n) is 3.61. The molecule has 0 unspecified atom stereocenters. The molecule has 1 heterocycles. The molecule has 1 aliphatic heterocycles. The number of carboxylic acids is 1. The van der Waals surface area contributed by atoms with E-state index < -0.39 is 5.97 Å². The van der Waals surface area contributed by atoms with Crippen LogP contribution in [0.1, 0.15) is 48.0 Å². The molecule has 1 aromatic carbocycles. The Hall–Kier alpha value is -1.88. The number of carbonyl (C=O) groups is 2. The van der Waals surface area contributed by atoms with Gasteiger partial charge < -0.3 is 14.7 Å². The summed E-state index contributed by atoms with van der Waals surface area (Å²) < 4.78 is 5.81. The third-order valence-corrected chi connectivity index (χ3v) is 4.88. The van der Waals surface area contributed by atoms with E-state index in [2.05, 4.69) is 0 Å². The molecule has 23 heavy (non-hydrogen) atoms. The number of carbonyl (C=O) groups excluding carboxylic acids is 1. The number of aromatic carboxylic acids is 1. The Morgan fingerprint density at radius 2 is 1.91 bits per heavy atom. The zero-order valence-corrected chi connectivity index (χ0v) is 13.2. The summed E-state index contributed by atoms with van der Waals surface area (Å²) in [4.78, 5) is 25.4. The zero-order valence-electron chi connectivity index (χ0n) is 13.2. The van der Waals surface area contributed by atoms with Gasteiger partial charge in [0.25, 0.3) is 0 Å². The van der Waals surface area contributed by atoms with Crippen molar-refractivity contribution in [1.29, 1.82) is 0 Å². The molecule has 124 valence electrons. The molecule has 5 heteroatoms. The van der Waals surface area contributed by atoms with E-state index in [-0.39, 0.29) is 23.6 Å². The van der Waals surface area contributed by atoms with E-state index in [1.807, 2.05) is 4.90 Å². The summed E-state index contributed by atoms with van der Waals surface area (Å²) in [6, 6.07) is 7.01. The second-order valence-corrected chi connectivity index (χ2v) is 6.35. The first-order chi connectivity index (χ1) is 11.1. The predicted octanol–water partition coefficient (Wildman–Crippen LogP) is 2.49. The van der Waals surface area contributed by atoms with E-state index in [0.29, 0.717) is 26.0 Å². The van der Waals surface area contributed by atoms with Crippen LogP contribution < -0.4 is 0 Å². The Bertz CT molecular complexity index is 567. The van der Waals surface area contributed by atoms with Gasteiger partial charge in [-0.1, -0.05) is 25.0 Å². The minimum absolute atomic E-state index is 0.188. The van der Waals surface area contributed by atoms with Gasteiger partial charge in [0, 0.05) is 13.0 Å². The maximum Gasteiger partial charge on any atom is 0.335 e. The quantitative estimate of drug-likeness (QED) is 0.926. The number of ether oxygens (including phenoxy) is 1. The smallest absolute Gasteiger partial charge is 0.335 e. The summed E-state index contributed by atoms with van der Waals surface area (Å²) in [5, 5.41) is 8.90. The number of hydrogen-bond donors (Lipinski definition) is 1. The topological polar surface area (TPSA) is 66.8 Å². The minimum atomic E-state index is -0.927. The SMILES string of the molecule is O=C(O)c1ccc(CCC(=O)N2CCO[C@@H]3CCCC[C@@H]32)cc1. The van der Waals surface area contributed by atoms with Crippen LogP contribution in [0.2, 0.25) is 0 Å². The minimum Gasteiger partial charge on any atom is -0.478 e. The molecule has 1 saturated heterocycles. The van der Waals surface area contributed by atoms with Crippen LogP contribution in [0.5, 0.6) is 0 Å². The van der Waals surface area contributed by atoms with Crippen molar-refractivity contribution in [1.82, 2.24) is 4.90 Å². The molecule has 5 nitrogen and oxygen atoms in total. The van der Waals surface area contributed by atoms with Gasteiger partial charge in [0.05, 0.1) is 24.3 Å². The molecule has 2 fully saturated rings. The monoisotopic (exact) mass is 317 g/mol. The van der Waals surface area contributed by atoms with Crippen molar-refractivity contribution in [3.63, 3.8) is 0 Å². The normalized spacial score (nSPS) is 24.1. The average molecular weight is 317 g/mol. The standard InChI is InChI=1S/C18H23NO4/c20-17(10-7-13-5-8-14(9-6-13)18(21)22)19-11-12-23-16-4-2-1-3-15(16)19/h5-6,8-9,15-16H,1-4,7,10-12H2,(H,21,22)/t15-,16+/m0/s1. The fraction of sp³-hybridized carbons (Fsp3) is 0.556. The first-order valence-electron chi connectivity index (χ1n) is 8.38. The van der Waals surface area contributed by atoms with Crippen LogP contribution in [0.25, 0.3) is 0 Å². The van der Waals surface area contributed by atoms with Crippen molar-refractivity contribution in [2.75, 3.05) is 13.2 Å². The van der Waals surface area contributed by atoms with Crippen molar-refractivity contribution in [2.24, 2.45) is 0 Å².